The third-order valence-corrected chi connectivity index (χ3v) is 4.37. The molecule has 1 aromatic carbocycles. The first-order valence-electron chi connectivity index (χ1n) is 8.30. The summed E-state index contributed by atoms with van der Waals surface area (Å²) >= 11 is 0. The monoisotopic (exact) mass is 325 g/mol. The van der Waals surface area contributed by atoms with Gasteiger partial charge in [0.15, 0.2) is 0 Å². The predicted molar refractivity (Wildman–Crippen MR) is 94.2 cm³/mol. The molecule has 0 bridgehead atoms. The van der Waals surface area contributed by atoms with Crippen LogP contribution in [0.15, 0.2) is 42.6 Å². The van der Waals surface area contributed by atoms with Gasteiger partial charge in [0.1, 0.15) is 5.69 Å². The average molecular weight is 325 g/mol. The fraction of sp³-hybridized carbons (Fsp3) is 0.368. The third kappa shape index (κ3) is 3.20. The summed E-state index contributed by atoms with van der Waals surface area (Å²) in [6.07, 6.45) is 2.24. The van der Waals surface area contributed by atoms with Crippen LogP contribution in [0.3, 0.4) is 0 Å². The van der Waals surface area contributed by atoms with Crippen molar-refractivity contribution in [2.45, 2.75) is 39.3 Å². The van der Waals surface area contributed by atoms with Crippen LogP contribution < -0.4 is 10.2 Å². The zero-order valence-electron chi connectivity index (χ0n) is 14.3. The fourth-order valence-electron chi connectivity index (χ4n) is 3.07. The molecule has 24 heavy (non-hydrogen) atoms. The number of aryl methyl sites for hydroxylation is 1. The Morgan fingerprint density at radius 3 is 2.58 bits per heavy atom. The Morgan fingerprint density at radius 1 is 1.21 bits per heavy atom. The molecule has 1 N–H and O–H groups in total. The van der Waals surface area contributed by atoms with Crippen LogP contribution in [-0.4, -0.2) is 29.0 Å². The maximum atomic E-state index is 12.5. The molecular weight excluding hydrogens is 302 g/mol. The van der Waals surface area contributed by atoms with Crippen LogP contribution in [0.1, 0.15) is 42.4 Å². The number of benzene rings is 1. The van der Waals surface area contributed by atoms with Crippen LogP contribution in [0.5, 0.6) is 0 Å². The van der Waals surface area contributed by atoms with Crippen molar-refractivity contribution in [3.05, 3.63) is 53.9 Å². The highest BCUT2D eigenvalue weighted by Gasteiger charge is 2.32. The highest BCUT2D eigenvalue weighted by Crippen LogP contribution is 2.22. The number of nitrogens with zero attached hydrogens (tertiary/aromatic N) is 2. The van der Waals surface area contributed by atoms with Gasteiger partial charge in [-0.05, 0) is 45.0 Å². The summed E-state index contributed by atoms with van der Waals surface area (Å²) in [6, 6.07) is 11.6. The normalized spacial score (nSPS) is 17.6. The zero-order chi connectivity index (χ0) is 17.3. The topological polar surface area (TPSA) is 54.3 Å². The molecule has 5 nitrogen and oxygen atoms in total. The van der Waals surface area contributed by atoms with Crippen LogP contribution in [0, 0.1) is 6.92 Å². The van der Waals surface area contributed by atoms with E-state index in [1.54, 1.807) is 4.90 Å². The number of carbonyl (C=O) groups excluding carboxylic acids is 2. The lowest BCUT2D eigenvalue weighted by Crippen LogP contribution is -2.38. The molecule has 0 unspecified atom stereocenters. The van der Waals surface area contributed by atoms with Gasteiger partial charge in [-0.3, -0.25) is 9.59 Å². The largest absolute Gasteiger partial charge is 0.346 e. The molecule has 2 heterocycles. The van der Waals surface area contributed by atoms with E-state index in [2.05, 4.69) is 5.32 Å². The smallest absolute Gasteiger partial charge is 0.268 e. The van der Waals surface area contributed by atoms with Crippen LogP contribution in [0.2, 0.25) is 0 Å². The summed E-state index contributed by atoms with van der Waals surface area (Å²) in [5.41, 5.74) is 2.67. The Labute approximate surface area is 142 Å². The summed E-state index contributed by atoms with van der Waals surface area (Å²) in [4.78, 5) is 26.5. The van der Waals surface area contributed by atoms with E-state index in [0.29, 0.717) is 18.7 Å². The lowest BCUT2D eigenvalue weighted by atomic mass is 10.2. The minimum absolute atomic E-state index is 0.0448. The van der Waals surface area contributed by atoms with E-state index in [-0.39, 0.29) is 23.9 Å². The van der Waals surface area contributed by atoms with E-state index in [9.17, 15) is 9.59 Å². The van der Waals surface area contributed by atoms with Crippen molar-refractivity contribution in [2.24, 2.45) is 0 Å². The molecule has 2 amide bonds. The predicted octanol–water partition coefficient (Wildman–Crippen LogP) is 2.91. The maximum absolute atomic E-state index is 12.5. The van der Waals surface area contributed by atoms with Crippen molar-refractivity contribution in [1.29, 1.82) is 0 Å². The summed E-state index contributed by atoms with van der Waals surface area (Å²) in [6.45, 7) is 6.60. The number of rotatable bonds is 4. The van der Waals surface area contributed by atoms with Gasteiger partial charge >= 0.3 is 0 Å². The lowest BCUT2D eigenvalue weighted by molar-refractivity contribution is -0.117. The van der Waals surface area contributed by atoms with Gasteiger partial charge in [-0.15, -0.1) is 0 Å². The molecule has 1 fully saturated rings. The van der Waals surface area contributed by atoms with Crippen LogP contribution in [0.25, 0.3) is 0 Å². The summed E-state index contributed by atoms with van der Waals surface area (Å²) in [5, 5.41) is 3.00. The van der Waals surface area contributed by atoms with Crippen molar-refractivity contribution in [1.82, 2.24) is 9.88 Å². The number of hydrogen-bond acceptors (Lipinski definition) is 2. The van der Waals surface area contributed by atoms with E-state index >= 15 is 0 Å². The molecule has 0 aliphatic carbocycles. The first-order chi connectivity index (χ1) is 11.5. The minimum atomic E-state index is -0.165. The van der Waals surface area contributed by atoms with Gasteiger partial charge < -0.3 is 14.8 Å². The lowest BCUT2D eigenvalue weighted by Gasteiger charge is -2.18. The second kappa shape index (κ2) is 6.51. The van der Waals surface area contributed by atoms with Crippen LogP contribution >= 0.6 is 0 Å². The number of carbonyl (C=O) groups is 2. The van der Waals surface area contributed by atoms with Crippen molar-refractivity contribution in [3.63, 3.8) is 0 Å². The summed E-state index contributed by atoms with van der Waals surface area (Å²) < 4.78 is 1.93. The van der Waals surface area contributed by atoms with Gasteiger partial charge in [0.2, 0.25) is 5.91 Å². The molecule has 2 aromatic rings. The number of hydrogen-bond donors (Lipinski definition) is 1. The number of nitrogens with one attached hydrogen (secondary N) is 1. The number of aromatic nitrogens is 1. The highest BCUT2D eigenvalue weighted by molar-refractivity contribution is 5.98. The van der Waals surface area contributed by atoms with Crippen LogP contribution in [-0.2, 0) is 4.79 Å². The first kappa shape index (κ1) is 16.3. The Morgan fingerprint density at radius 2 is 1.92 bits per heavy atom. The molecule has 126 valence electrons. The van der Waals surface area contributed by atoms with Crippen molar-refractivity contribution in [2.75, 3.05) is 11.4 Å². The standard InChI is InChI=1S/C19H23N3O2/c1-13(2)21-10-4-5-17(21)19(24)20-15-11-18(23)22(12-15)16-8-6-14(3)7-9-16/h4-10,13,15H,11-12H2,1-3H3,(H,20,24)/t15-/m0/s1. The van der Waals surface area contributed by atoms with Gasteiger partial charge in [0, 0.05) is 30.9 Å². The molecule has 1 aromatic heterocycles. The van der Waals surface area contributed by atoms with Gasteiger partial charge in [-0.25, -0.2) is 0 Å². The van der Waals surface area contributed by atoms with Crippen LogP contribution in [0.4, 0.5) is 5.69 Å². The van der Waals surface area contributed by atoms with Crippen molar-refractivity contribution >= 4 is 17.5 Å². The van der Waals surface area contributed by atoms with E-state index in [1.807, 2.05) is 67.9 Å². The van der Waals surface area contributed by atoms with Gasteiger partial charge in [-0.1, -0.05) is 17.7 Å². The molecule has 1 atom stereocenters. The van der Waals surface area contributed by atoms with E-state index in [0.717, 1.165) is 11.3 Å². The second-order valence-electron chi connectivity index (χ2n) is 6.61. The average Bonchev–Trinajstić information content (AvgIpc) is 3.15. The van der Waals surface area contributed by atoms with Gasteiger partial charge in [0.25, 0.3) is 5.91 Å². The van der Waals surface area contributed by atoms with E-state index < -0.39 is 0 Å². The Hall–Kier alpha value is -2.56. The summed E-state index contributed by atoms with van der Waals surface area (Å²) in [7, 11) is 0. The SMILES string of the molecule is Cc1ccc(N2C[C@@H](NC(=O)c3cccn3C(C)C)CC2=O)cc1. The Balaban J connectivity index is 1.69. The third-order valence-electron chi connectivity index (χ3n) is 4.37. The van der Waals surface area contributed by atoms with Gasteiger partial charge in [-0.2, -0.15) is 0 Å². The molecule has 1 saturated heterocycles. The quantitative estimate of drug-likeness (QED) is 0.940. The molecule has 0 spiro atoms. The minimum Gasteiger partial charge on any atom is -0.346 e. The molecule has 1 aliphatic rings. The maximum Gasteiger partial charge on any atom is 0.268 e. The summed E-state index contributed by atoms with van der Waals surface area (Å²) in [5.74, 6) is -0.0827. The Kier molecular flexibility index (Phi) is 4.42. The van der Waals surface area contributed by atoms with E-state index in [1.165, 1.54) is 0 Å². The molecule has 5 heteroatoms. The van der Waals surface area contributed by atoms with Crippen molar-refractivity contribution in [3.8, 4) is 0 Å². The molecule has 3 rings (SSSR count). The highest BCUT2D eigenvalue weighted by atomic mass is 16.2. The Bertz CT molecular complexity index is 746. The molecule has 0 radical (unpaired) electrons. The second-order valence-corrected chi connectivity index (χ2v) is 6.61. The number of anilines is 1. The molecular formula is C19H23N3O2. The molecule has 0 saturated carbocycles. The number of amides is 2. The molecule has 1 aliphatic heterocycles. The van der Waals surface area contributed by atoms with Crippen molar-refractivity contribution < 1.29 is 9.59 Å². The fourth-order valence-corrected chi connectivity index (χ4v) is 3.07. The first-order valence-corrected chi connectivity index (χ1v) is 8.30. The van der Waals surface area contributed by atoms with E-state index in [4.69, 9.17) is 0 Å². The zero-order valence-corrected chi connectivity index (χ0v) is 14.3. The van der Waals surface area contributed by atoms with Gasteiger partial charge in [0.05, 0.1) is 6.04 Å².